The molecule has 130 valence electrons. The second-order valence-electron chi connectivity index (χ2n) is 7.35. The number of hydrogen-bond acceptors (Lipinski definition) is 2. The molecule has 0 radical (unpaired) electrons. The van der Waals surface area contributed by atoms with E-state index in [9.17, 15) is 4.79 Å². The number of carbonyl (C=O) groups excluding carboxylic acids is 1. The van der Waals surface area contributed by atoms with Crippen molar-refractivity contribution >= 4 is 5.91 Å². The van der Waals surface area contributed by atoms with Gasteiger partial charge in [-0.3, -0.25) is 4.79 Å². The van der Waals surface area contributed by atoms with Gasteiger partial charge in [0, 0.05) is 19.0 Å². The average Bonchev–Trinajstić information content (AvgIpc) is 2.61. The molecule has 0 aromatic rings. The second kappa shape index (κ2) is 9.98. The molecule has 0 aromatic heterocycles. The number of terminal acetylenes is 1. The van der Waals surface area contributed by atoms with Gasteiger partial charge in [0.15, 0.2) is 0 Å². The number of likely N-dealkylation sites (tertiary alicyclic amines) is 1. The van der Waals surface area contributed by atoms with Crippen LogP contribution in [0.15, 0.2) is 0 Å². The third-order valence-corrected chi connectivity index (χ3v) is 5.63. The second-order valence-corrected chi connectivity index (χ2v) is 7.35. The van der Waals surface area contributed by atoms with Crippen LogP contribution in [0.4, 0.5) is 0 Å². The van der Waals surface area contributed by atoms with Crippen molar-refractivity contribution in [3.05, 3.63) is 0 Å². The quantitative estimate of drug-likeness (QED) is 0.526. The van der Waals surface area contributed by atoms with Crippen LogP contribution >= 0.6 is 0 Å². The van der Waals surface area contributed by atoms with Crippen LogP contribution in [0.25, 0.3) is 0 Å². The topological polar surface area (TPSA) is 29.5 Å². The molecule has 2 aliphatic rings. The average molecular weight is 319 g/mol. The molecule has 2 rings (SSSR count). The summed E-state index contributed by atoms with van der Waals surface area (Å²) in [4.78, 5) is 14.8. The minimum Gasteiger partial charge on any atom is -0.369 e. The maximum absolute atomic E-state index is 12.7. The number of amides is 1. The fourth-order valence-corrected chi connectivity index (χ4v) is 4.05. The predicted molar refractivity (Wildman–Crippen MR) is 93.9 cm³/mol. The Bertz CT molecular complexity index is 385. The molecule has 0 spiro atoms. The van der Waals surface area contributed by atoms with Gasteiger partial charge in [0.1, 0.15) is 6.61 Å². The zero-order chi connectivity index (χ0) is 16.5. The Hall–Kier alpha value is -1.01. The van der Waals surface area contributed by atoms with Gasteiger partial charge in [0.25, 0.3) is 0 Å². The molecule has 0 bridgehead atoms. The Morgan fingerprint density at radius 2 is 1.83 bits per heavy atom. The van der Waals surface area contributed by atoms with Crippen LogP contribution in [0.3, 0.4) is 0 Å². The fourth-order valence-electron chi connectivity index (χ4n) is 4.05. The molecule has 0 atom stereocenters. The summed E-state index contributed by atoms with van der Waals surface area (Å²) < 4.78 is 5.44. The van der Waals surface area contributed by atoms with Crippen LogP contribution in [-0.2, 0) is 9.53 Å². The van der Waals surface area contributed by atoms with Gasteiger partial charge in [-0.1, -0.05) is 32.1 Å². The molecular formula is C20H33NO2. The van der Waals surface area contributed by atoms with E-state index in [4.69, 9.17) is 11.2 Å². The van der Waals surface area contributed by atoms with Gasteiger partial charge >= 0.3 is 0 Å². The Morgan fingerprint density at radius 3 is 2.43 bits per heavy atom. The van der Waals surface area contributed by atoms with Crippen LogP contribution in [0.5, 0.6) is 0 Å². The van der Waals surface area contributed by atoms with Crippen molar-refractivity contribution in [3.8, 4) is 12.3 Å². The first-order valence-corrected chi connectivity index (χ1v) is 9.54. The highest BCUT2D eigenvalue weighted by Crippen LogP contribution is 2.33. The molecule has 0 unspecified atom stereocenters. The molecule has 0 N–H and O–H groups in total. The largest absolute Gasteiger partial charge is 0.369 e. The molecule has 1 aliphatic carbocycles. The van der Waals surface area contributed by atoms with Crippen LogP contribution in [0.2, 0.25) is 0 Å². The lowest BCUT2D eigenvalue weighted by molar-refractivity contribution is -0.138. The van der Waals surface area contributed by atoms with E-state index in [2.05, 4.69) is 17.7 Å². The van der Waals surface area contributed by atoms with Crippen molar-refractivity contribution in [1.29, 1.82) is 0 Å². The SMILES string of the molecule is C#CCOCC1CCN(C(=O)C2CCC(CCCC)CC2)CC1. The summed E-state index contributed by atoms with van der Waals surface area (Å²) >= 11 is 0. The Morgan fingerprint density at radius 1 is 1.13 bits per heavy atom. The number of unbranched alkanes of at least 4 members (excludes halogenated alkanes) is 1. The Balaban J connectivity index is 1.66. The maximum atomic E-state index is 12.7. The fraction of sp³-hybridized carbons (Fsp3) is 0.850. The summed E-state index contributed by atoms with van der Waals surface area (Å²) in [7, 11) is 0. The molecule has 23 heavy (non-hydrogen) atoms. The number of nitrogens with zero attached hydrogens (tertiary/aromatic N) is 1. The standard InChI is InChI=1S/C20H33NO2/c1-3-5-6-17-7-9-19(10-8-17)20(22)21-13-11-18(12-14-21)16-23-15-4-2/h2,17-19H,3,5-16H2,1H3. The monoisotopic (exact) mass is 319 g/mol. The summed E-state index contributed by atoms with van der Waals surface area (Å²) in [6.07, 6.45) is 16.0. The third kappa shape index (κ3) is 5.84. The van der Waals surface area contributed by atoms with Gasteiger partial charge < -0.3 is 9.64 Å². The van der Waals surface area contributed by atoms with Crippen LogP contribution in [-0.4, -0.2) is 37.1 Å². The van der Waals surface area contributed by atoms with Crippen LogP contribution in [0, 0.1) is 30.1 Å². The van der Waals surface area contributed by atoms with Gasteiger partial charge in [-0.25, -0.2) is 0 Å². The Labute approximate surface area is 142 Å². The summed E-state index contributed by atoms with van der Waals surface area (Å²) in [6.45, 7) is 5.21. The van der Waals surface area contributed by atoms with E-state index in [1.165, 1.54) is 32.1 Å². The van der Waals surface area contributed by atoms with Crippen molar-refractivity contribution in [3.63, 3.8) is 0 Å². The van der Waals surface area contributed by atoms with E-state index >= 15 is 0 Å². The molecule has 1 amide bonds. The highest BCUT2D eigenvalue weighted by Gasteiger charge is 2.31. The number of carbonyl (C=O) groups is 1. The van der Waals surface area contributed by atoms with Crippen molar-refractivity contribution in [1.82, 2.24) is 4.90 Å². The molecule has 0 aromatic carbocycles. The number of piperidine rings is 1. The number of hydrogen-bond donors (Lipinski definition) is 0. The van der Waals surface area contributed by atoms with Crippen molar-refractivity contribution in [2.24, 2.45) is 17.8 Å². The van der Waals surface area contributed by atoms with E-state index in [1.807, 2.05) is 0 Å². The van der Waals surface area contributed by atoms with E-state index in [0.717, 1.165) is 51.3 Å². The molecule has 1 saturated carbocycles. The van der Waals surface area contributed by atoms with Crippen molar-refractivity contribution < 1.29 is 9.53 Å². The summed E-state index contributed by atoms with van der Waals surface area (Å²) in [5, 5.41) is 0. The normalized spacial score (nSPS) is 26.0. The van der Waals surface area contributed by atoms with Gasteiger partial charge in [0.2, 0.25) is 5.91 Å². The lowest BCUT2D eigenvalue weighted by Gasteiger charge is -2.36. The van der Waals surface area contributed by atoms with Gasteiger partial charge in [-0.05, 0) is 50.4 Å². The lowest BCUT2D eigenvalue weighted by atomic mass is 9.79. The maximum Gasteiger partial charge on any atom is 0.225 e. The molecule has 2 fully saturated rings. The van der Waals surface area contributed by atoms with Crippen molar-refractivity contribution in [2.45, 2.75) is 64.7 Å². The van der Waals surface area contributed by atoms with Crippen molar-refractivity contribution in [2.75, 3.05) is 26.3 Å². The molecule has 1 heterocycles. The van der Waals surface area contributed by atoms with E-state index in [1.54, 1.807) is 0 Å². The summed E-state index contributed by atoms with van der Waals surface area (Å²) in [5.74, 6) is 4.66. The minimum atomic E-state index is 0.294. The van der Waals surface area contributed by atoms with Crippen LogP contribution in [0.1, 0.15) is 64.7 Å². The lowest BCUT2D eigenvalue weighted by Crippen LogP contribution is -2.43. The summed E-state index contributed by atoms with van der Waals surface area (Å²) in [5.41, 5.74) is 0. The first-order valence-electron chi connectivity index (χ1n) is 9.54. The van der Waals surface area contributed by atoms with E-state index in [-0.39, 0.29) is 0 Å². The van der Waals surface area contributed by atoms with E-state index < -0.39 is 0 Å². The number of ether oxygens (including phenoxy) is 1. The zero-order valence-electron chi connectivity index (χ0n) is 14.8. The molecule has 1 aliphatic heterocycles. The molecular weight excluding hydrogens is 286 g/mol. The first kappa shape index (κ1) is 18.3. The van der Waals surface area contributed by atoms with Gasteiger partial charge in [0.05, 0.1) is 6.61 Å². The third-order valence-electron chi connectivity index (χ3n) is 5.63. The zero-order valence-corrected chi connectivity index (χ0v) is 14.8. The highest BCUT2D eigenvalue weighted by molar-refractivity contribution is 5.79. The van der Waals surface area contributed by atoms with E-state index in [0.29, 0.717) is 24.3 Å². The minimum absolute atomic E-state index is 0.294. The predicted octanol–water partition coefficient (Wildman–Crippen LogP) is 3.87. The first-order chi connectivity index (χ1) is 11.2. The Kier molecular flexibility index (Phi) is 7.95. The number of rotatable bonds is 7. The molecule has 1 saturated heterocycles. The molecule has 3 nitrogen and oxygen atoms in total. The highest BCUT2D eigenvalue weighted by atomic mass is 16.5. The van der Waals surface area contributed by atoms with Gasteiger partial charge in [-0.2, -0.15) is 0 Å². The van der Waals surface area contributed by atoms with Crippen LogP contribution < -0.4 is 0 Å². The molecule has 3 heteroatoms. The van der Waals surface area contributed by atoms with Gasteiger partial charge in [-0.15, -0.1) is 6.42 Å². The smallest absolute Gasteiger partial charge is 0.225 e. The summed E-state index contributed by atoms with van der Waals surface area (Å²) in [6, 6.07) is 0.